The van der Waals surface area contributed by atoms with Crippen LogP contribution in [-0.4, -0.2) is 32.8 Å². The molecule has 0 amide bonds. The molecule has 3 heterocycles. The summed E-state index contributed by atoms with van der Waals surface area (Å²) in [6, 6.07) is 8.64. The zero-order valence-corrected chi connectivity index (χ0v) is 11.7. The number of piperidine rings is 1. The van der Waals surface area contributed by atoms with Crippen molar-refractivity contribution in [1.82, 2.24) is 19.7 Å². The van der Waals surface area contributed by atoms with E-state index in [1.165, 1.54) is 6.42 Å². The fraction of sp³-hybridized carbons (Fsp3) is 0.400. The molecule has 1 saturated heterocycles. The van der Waals surface area contributed by atoms with Gasteiger partial charge in [0, 0.05) is 19.6 Å². The number of oxazole rings is 1. The van der Waals surface area contributed by atoms with Crippen LogP contribution in [0.25, 0.3) is 11.1 Å². The van der Waals surface area contributed by atoms with Gasteiger partial charge in [-0.1, -0.05) is 12.1 Å². The van der Waals surface area contributed by atoms with Crippen LogP contribution in [0.2, 0.25) is 0 Å². The van der Waals surface area contributed by atoms with Gasteiger partial charge in [-0.25, -0.2) is 4.98 Å². The smallest absolute Gasteiger partial charge is 0.298 e. The molecular weight excluding hydrogens is 266 g/mol. The average Bonchev–Trinajstić information content (AvgIpc) is 3.16. The normalized spacial score (nSPS) is 19.2. The number of fused-ring (bicyclic) bond motifs is 1. The minimum absolute atomic E-state index is 0.551. The van der Waals surface area contributed by atoms with Crippen molar-refractivity contribution < 1.29 is 4.42 Å². The second-order valence-electron chi connectivity index (χ2n) is 5.54. The van der Waals surface area contributed by atoms with E-state index in [-0.39, 0.29) is 0 Å². The lowest BCUT2D eigenvalue weighted by atomic mass is 9.98. The third-order valence-electron chi connectivity index (χ3n) is 3.98. The Morgan fingerprint density at radius 1 is 1.29 bits per heavy atom. The van der Waals surface area contributed by atoms with Crippen LogP contribution in [0.3, 0.4) is 0 Å². The number of para-hydroxylation sites is 2. The molecule has 1 aliphatic rings. The van der Waals surface area contributed by atoms with Gasteiger partial charge in [0.2, 0.25) is 0 Å². The Bertz CT molecular complexity index is 688. The van der Waals surface area contributed by atoms with Crippen LogP contribution in [0.5, 0.6) is 0 Å². The summed E-state index contributed by atoms with van der Waals surface area (Å²) in [5.74, 6) is 0.551. The van der Waals surface area contributed by atoms with Crippen LogP contribution in [0.4, 0.5) is 6.01 Å². The van der Waals surface area contributed by atoms with Crippen LogP contribution in [-0.2, 0) is 6.54 Å². The Morgan fingerprint density at radius 3 is 3.10 bits per heavy atom. The molecule has 0 saturated carbocycles. The molecule has 0 bridgehead atoms. The summed E-state index contributed by atoms with van der Waals surface area (Å²) in [5.41, 5.74) is 1.77. The summed E-state index contributed by atoms with van der Waals surface area (Å²) in [6.07, 6.45) is 5.72. The van der Waals surface area contributed by atoms with Gasteiger partial charge in [0.05, 0.1) is 0 Å². The molecule has 1 aliphatic heterocycles. The Morgan fingerprint density at radius 2 is 2.24 bits per heavy atom. The fourth-order valence-electron chi connectivity index (χ4n) is 2.97. The first-order valence-corrected chi connectivity index (χ1v) is 7.31. The molecular formula is C15H17N5O. The van der Waals surface area contributed by atoms with Gasteiger partial charge in [0.25, 0.3) is 6.01 Å². The van der Waals surface area contributed by atoms with E-state index in [1.807, 2.05) is 28.9 Å². The van der Waals surface area contributed by atoms with Crippen molar-refractivity contribution in [1.29, 1.82) is 0 Å². The van der Waals surface area contributed by atoms with Crippen LogP contribution in [0, 0.1) is 5.92 Å². The van der Waals surface area contributed by atoms with Crippen LogP contribution < -0.4 is 4.90 Å². The van der Waals surface area contributed by atoms with Crippen molar-refractivity contribution in [3.63, 3.8) is 0 Å². The average molecular weight is 283 g/mol. The Hall–Kier alpha value is -2.37. The molecule has 1 fully saturated rings. The standard InChI is InChI=1S/C15H17N5O/c1-2-6-14-13(5-1)18-15(21-14)19-7-3-4-12(8-19)9-20-11-16-10-17-20/h1-2,5-6,10-12H,3-4,7-9H2/t12-/m0/s1. The van der Waals surface area contributed by atoms with E-state index < -0.39 is 0 Å². The van der Waals surface area contributed by atoms with E-state index in [0.29, 0.717) is 5.92 Å². The van der Waals surface area contributed by atoms with E-state index in [0.717, 1.165) is 43.2 Å². The quantitative estimate of drug-likeness (QED) is 0.738. The predicted molar refractivity (Wildman–Crippen MR) is 79.0 cm³/mol. The maximum absolute atomic E-state index is 5.87. The topological polar surface area (TPSA) is 60.0 Å². The summed E-state index contributed by atoms with van der Waals surface area (Å²) >= 11 is 0. The summed E-state index contributed by atoms with van der Waals surface area (Å²) in [6.45, 7) is 2.85. The summed E-state index contributed by atoms with van der Waals surface area (Å²) < 4.78 is 7.77. The van der Waals surface area contributed by atoms with Crippen LogP contribution >= 0.6 is 0 Å². The summed E-state index contributed by atoms with van der Waals surface area (Å²) in [4.78, 5) is 10.8. The van der Waals surface area contributed by atoms with Gasteiger partial charge in [0.1, 0.15) is 18.2 Å². The van der Waals surface area contributed by atoms with Crippen LogP contribution in [0.1, 0.15) is 12.8 Å². The second-order valence-corrected chi connectivity index (χ2v) is 5.54. The molecule has 108 valence electrons. The van der Waals surface area contributed by atoms with Gasteiger partial charge in [-0.2, -0.15) is 10.1 Å². The van der Waals surface area contributed by atoms with Gasteiger partial charge in [-0.15, -0.1) is 0 Å². The van der Waals surface area contributed by atoms with Crippen molar-refractivity contribution in [2.45, 2.75) is 19.4 Å². The summed E-state index contributed by atoms with van der Waals surface area (Å²) in [7, 11) is 0. The molecule has 21 heavy (non-hydrogen) atoms. The maximum Gasteiger partial charge on any atom is 0.298 e. The highest BCUT2D eigenvalue weighted by Gasteiger charge is 2.23. The van der Waals surface area contributed by atoms with Gasteiger partial charge < -0.3 is 9.32 Å². The first-order chi connectivity index (χ1) is 10.4. The lowest BCUT2D eigenvalue weighted by Gasteiger charge is -2.31. The van der Waals surface area contributed by atoms with E-state index >= 15 is 0 Å². The summed E-state index contributed by atoms with van der Waals surface area (Å²) in [5, 5.41) is 4.19. The fourth-order valence-corrected chi connectivity index (χ4v) is 2.97. The number of aromatic nitrogens is 4. The third kappa shape index (κ3) is 2.49. The highest BCUT2D eigenvalue weighted by molar-refractivity contribution is 5.74. The minimum Gasteiger partial charge on any atom is -0.423 e. The molecule has 6 nitrogen and oxygen atoms in total. The number of hydrogen-bond donors (Lipinski definition) is 0. The third-order valence-corrected chi connectivity index (χ3v) is 3.98. The molecule has 1 atom stereocenters. The van der Waals surface area contributed by atoms with Crippen molar-refractivity contribution >= 4 is 17.1 Å². The lowest BCUT2D eigenvalue weighted by molar-refractivity contribution is 0.341. The monoisotopic (exact) mass is 283 g/mol. The van der Waals surface area contributed by atoms with E-state index in [1.54, 1.807) is 12.7 Å². The van der Waals surface area contributed by atoms with Crippen molar-refractivity contribution in [3.8, 4) is 0 Å². The molecule has 2 aromatic heterocycles. The van der Waals surface area contributed by atoms with E-state index in [9.17, 15) is 0 Å². The minimum atomic E-state index is 0.551. The predicted octanol–water partition coefficient (Wildman–Crippen LogP) is 2.34. The van der Waals surface area contributed by atoms with Gasteiger partial charge in [-0.05, 0) is 30.9 Å². The van der Waals surface area contributed by atoms with Gasteiger partial charge >= 0.3 is 0 Å². The molecule has 0 unspecified atom stereocenters. The van der Waals surface area contributed by atoms with Crippen molar-refractivity contribution in [2.24, 2.45) is 5.92 Å². The SMILES string of the molecule is c1ccc2oc(N3CCC[C@H](Cn4cncn4)C3)nc2c1. The van der Waals surface area contributed by atoms with E-state index in [4.69, 9.17) is 4.42 Å². The number of rotatable bonds is 3. The second kappa shape index (κ2) is 5.20. The highest BCUT2D eigenvalue weighted by atomic mass is 16.4. The molecule has 0 aliphatic carbocycles. The lowest BCUT2D eigenvalue weighted by Crippen LogP contribution is -2.37. The highest BCUT2D eigenvalue weighted by Crippen LogP contribution is 2.26. The van der Waals surface area contributed by atoms with Gasteiger partial charge in [-0.3, -0.25) is 4.68 Å². The molecule has 4 rings (SSSR count). The first kappa shape index (κ1) is 12.4. The molecule has 6 heteroatoms. The molecule has 3 aromatic rings. The Labute approximate surface area is 122 Å². The van der Waals surface area contributed by atoms with Crippen LogP contribution in [0.15, 0.2) is 41.3 Å². The number of benzene rings is 1. The Balaban J connectivity index is 1.52. The zero-order valence-electron chi connectivity index (χ0n) is 11.7. The van der Waals surface area contributed by atoms with Gasteiger partial charge in [0.15, 0.2) is 5.58 Å². The number of nitrogens with zero attached hydrogens (tertiary/aromatic N) is 5. The molecule has 0 N–H and O–H groups in total. The molecule has 0 radical (unpaired) electrons. The van der Waals surface area contributed by atoms with E-state index in [2.05, 4.69) is 20.0 Å². The number of anilines is 1. The maximum atomic E-state index is 5.87. The van der Waals surface area contributed by atoms with Crippen molar-refractivity contribution in [2.75, 3.05) is 18.0 Å². The Kier molecular flexibility index (Phi) is 3.06. The zero-order chi connectivity index (χ0) is 14.1. The number of hydrogen-bond acceptors (Lipinski definition) is 5. The first-order valence-electron chi connectivity index (χ1n) is 7.31. The molecule has 1 aromatic carbocycles. The largest absolute Gasteiger partial charge is 0.423 e. The van der Waals surface area contributed by atoms with Crippen molar-refractivity contribution in [3.05, 3.63) is 36.9 Å². The molecule has 0 spiro atoms.